The first-order chi connectivity index (χ1) is 64.9. The maximum absolute atomic E-state index is 14.7. The number of carboxylic acids is 1. The van der Waals surface area contributed by atoms with Crippen LogP contribution in [-0.4, -0.2) is 266 Å². The zero-order valence-corrected chi connectivity index (χ0v) is 88.4. The van der Waals surface area contributed by atoms with Crippen LogP contribution < -0.4 is 25.8 Å². The second kappa shape index (κ2) is 57.2. The van der Waals surface area contributed by atoms with E-state index in [1.807, 2.05) is 171 Å². The van der Waals surface area contributed by atoms with Gasteiger partial charge in [0.25, 0.3) is 0 Å². The van der Waals surface area contributed by atoms with Crippen molar-refractivity contribution in [1.29, 1.82) is 0 Å². The molecule has 4 aromatic carbocycles. The van der Waals surface area contributed by atoms with Gasteiger partial charge in [0.1, 0.15) is 39.8 Å². The predicted octanol–water partition coefficient (Wildman–Crippen LogP) is 15.5. The lowest BCUT2D eigenvalue weighted by atomic mass is 9.83. The number of likely N-dealkylation sites (N-methyl/N-ethyl adjacent to an activating group) is 4. The molecule has 18 atom stereocenters. The summed E-state index contributed by atoms with van der Waals surface area (Å²) in [4.78, 5) is 161. The number of ketones is 1. The summed E-state index contributed by atoms with van der Waals surface area (Å²) >= 11 is 1.51. The number of rotatable bonds is 48. The quantitative estimate of drug-likeness (QED) is 0.0160. The Morgan fingerprint density at radius 1 is 0.507 bits per heavy atom. The Bertz CT molecular complexity index is 4570. The number of amides is 6. The molecule has 2 saturated heterocycles. The number of carboxylic acid groups (broad SMARTS) is 1. The van der Waals surface area contributed by atoms with Crippen molar-refractivity contribution in [2.24, 2.45) is 59.0 Å². The minimum absolute atomic E-state index is 0.00211. The van der Waals surface area contributed by atoms with Gasteiger partial charge in [-0.2, -0.15) is 0 Å². The number of aliphatic carboxylic acids is 1. The van der Waals surface area contributed by atoms with Crippen LogP contribution >= 0.6 is 11.3 Å². The number of hydrogen-bond acceptors (Lipinski definition) is 25. The largest absolute Gasteiger partial charge is 0.514 e. The van der Waals surface area contributed by atoms with Crippen molar-refractivity contribution < 1.29 is 100 Å². The molecule has 7 rings (SSSR count). The molecular formula is C106H164N10O21S. The van der Waals surface area contributed by atoms with Gasteiger partial charge in [0, 0.05) is 99.1 Å². The van der Waals surface area contributed by atoms with E-state index in [-0.39, 0.29) is 115 Å². The fraction of sp³-hybridized carbons (Fsp3) is 0.642. The number of thiazole rings is 1. The molecule has 138 heavy (non-hydrogen) atoms. The Morgan fingerprint density at radius 2 is 0.913 bits per heavy atom. The molecule has 770 valence electrons. The lowest BCUT2D eigenvalue weighted by Crippen LogP contribution is -2.56. The third kappa shape index (κ3) is 36.4. The van der Waals surface area contributed by atoms with Gasteiger partial charge in [-0.3, -0.25) is 48.2 Å². The summed E-state index contributed by atoms with van der Waals surface area (Å²) in [7, 11) is 14.7. The average Bonchev–Trinajstić information content (AvgIpc) is 1.75. The molecule has 0 bridgehead atoms. The van der Waals surface area contributed by atoms with Crippen LogP contribution in [0.3, 0.4) is 0 Å². The van der Waals surface area contributed by atoms with Crippen molar-refractivity contribution in [2.45, 2.75) is 312 Å². The Labute approximate surface area is 825 Å². The lowest BCUT2D eigenvalue weighted by Gasteiger charge is -2.41. The topological polar surface area (TPSA) is 373 Å². The number of hydrogen-bond donors (Lipinski definition) is 4. The minimum Gasteiger partial charge on any atom is -0.480 e. The number of benzene rings is 4. The fourth-order valence-electron chi connectivity index (χ4n) is 18.5. The summed E-state index contributed by atoms with van der Waals surface area (Å²) in [6.07, 6.45) is 3.23. The number of methoxy groups -OCH3 is 5. The molecule has 6 amide bonds. The number of nitrogens with one attached hydrogen (secondary N) is 2. The van der Waals surface area contributed by atoms with Gasteiger partial charge in [0.15, 0.2) is 5.78 Å². The van der Waals surface area contributed by atoms with E-state index >= 15 is 0 Å². The monoisotopic (exact) mass is 1950 g/mol. The van der Waals surface area contributed by atoms with Gasteiger partial charge in [-0.05, 0) is 170 Å². The number of Topliss-reactive ketones (excluding diaryl/α,β-unsaturated/α-hetero) is 1. The molecule has 5 aromatic rings. The van der Waals surface area contributed by atoms with Gasteiger partial charge in [0.05, 0.1) is 98.5 Å². The molecule has 0 aliphatic carbocycles. The Balaban J connectivity index is 0.000000410. The number of carbonyl (C=O) groups is 11. The number of nitrogens with zero attached hydrogens (tertiary/aromatic N) is 7. The third-order valence-electron chi connectivity index (χ3n) is 26.2. The summed E-state index contributed by atoms with van der Waals surface area (Å²) < 4.78 is 49.8. The fourth-order valence-corrected chi connectivity index (χ4v) is 19.2. The molecule has 0 radical (unpaired) electrons. The number of likely N-dealkylation sites (tertiary alicyclic amines) is 2. The molecule has 31 nitrogen and oxygen atoms in total. The van der Waals surface area contributed by atoms with Gasteiger partial charge < -0.3 is 83.7 Å². The Morgan fingerprint density at radius 3 is 1.27 bits per heavy atom. The highest BCUT2D eigenvalue weighted by atomic mass is 32.1. The summed E-state index contributed by atoms with van der Waals surface area (Å²) in [5.41, 5.74) is 8.76. The average molecular weight is 1950 g/mol. The molecule has 1 aromatic heterocycles. The smallest absolute Gasteiger partial charge is 0.480 e. The zero-order valence-electron chi connectivity index (χ0n) is 87.6. The van der Waals surface area contributed by atoms with E-state index in [0.29, 0.717) is 63.4 Å². The van der Waals surface area contributed by atoms with Crippen molar-refractivity contribution in [2.75, 3.05) is 76.8 Å². The number of nitrogens with two attached hydrogens (primary N) is 1. The molecule has 2 fully saturated rings. The predicted molar refractivity (Wildman–Crippen MR) is 535 cm³/mol. The zero-order chi connectivity index (χ0) is 103. The number of ether oxygens (including phenoxy) is 9. The standard InChI is InChI=1S/C53H82N4O11.C35H55N5O5S.C18H27NO5/c1-16-35(6)47(44(64-13)31-45(59)57-28-20-23-42(57)48(65-14)36(7)49(60)54-41(51(62)66-15)29-37-21-18-17-19-22-37)56(12)50(61)40(33(2)3)30-43(58)46(34(4)5)55(11)32-38-24-26-39(27-25-38)67-52(63)68-53(8,9)10;1-9-23(4)31(39(6)35(43)30(36)22(2)3)28(44-7)21-29(41)40-18-13-16-27(40)32(45-8)24(5)33(42)38-26(34-37-17-19-46-34)20-25-14-11-10-12-15-25;1-12(2)15(16(20)21)19(6)11-13-7-9-14(10-8-13)23-17(22)24-18(3,4)5/h17-19,21-22,24-27,33-36,40-42,44,46-48H,16,20,23,28-32H2,1-15H3,(H,54,60);10-12,14-15,17,19,22-24,26-28,30-32H,9,13,16,18,20-21,36H2,1-8H3,(H,38,42);7-10,12,15H,11H2,1-6H3,(H,20,21)/t35-,36+,40-,41-,42-,44+,46-,47-,48+;23-,24+,26-,27-,28+,30-,31-,32+;15-/m000/s1. The van der Waals surface area contributed by atoms with Crippen molar-refractivity contribution in [1.82, 2.24) is 45.0 Å². The van der Waals surface area contributed by atoms with Crippen LogP contribution in [0.15, 0.2) is 121 Å². The Kier molecular flexibility index (Phi) is 49.2. The van der Waals surface area contributed by atoms with Crippen LogP contribution in [0.25, 0.3) is 0 Å². The normalized spacial score (nSPS) is 17.5. The highest BCUT2D eigenvalue weighted by molar-refractivity contribution is 7.09. The maximum atomic E-state index is 14.7. The van der Waals surface area contributed by atoms with Crippen molar-refractivity contribution >= 4 is 76.8 Å². The lowest BCUT2D eigenvalue weighted by molar-refractivity contribution is -0.150. The maximum Gasteiger partial charge on any atom is 0.514 e. The molecule has 2 aliphatic rings. The van der Waals surface area contributed by atoms with Crippen LogP contribution in [0.4, 0.5) is 9.59 Å². The highest BCUT2D eigenvalue weighted by Crippen LogP contribution is 2.36. The highest BCUT2D eigenvalue weighted by Gasteiger charge is 2.47. The molecule has 5 N–H and O–H groups in total. The van der Waals surface area contributed by atoms with Crippen LogP contribution in [-0.2, 0) is 102 Å². The minimum atomic E-state index is -0.909. The van der Waals surface area contributed by atoms with Gasteiger partial charge >= 0.3 is 24.2 Å². The molecule has 0 unspecified atom stereocenters. The van der Waals surface area contributed by atoms with E-state index in [1.54, 1.807) is 153 Å². The first-order valence-electron chi connectivity index (χ1n) is 48.7. The van der Waals surface area contributed by atoms with Gasteiger partial charge in [-0.25, -0.2) is 19.4 Å². The van der Waals surface area contributed by atoms with E-state index in [4.69, 9.17) is 48.4 Å². The second-order valence-electron chi connectivity index (χ2n) is 40.3. The molecule has 3 heterocycles. The number of esters is 1. The van der Waals surface area contributed by atoms with Gasteiger partial charge in [-0.1, -0.05) is 195 Å². The molecular weight excluding hydrogens is 1780 g/mol. The first-order valence-corrected chi connectivity index (χ1v) is 49.6. The summed E-state index contributed by atoms with van der Waals surface area (Å²) in [5.74, 6) is -3.92. The van der Waals surface area contributed by atoms with E-state index in [0.717, 1.165) is 46.5 Å². The van der Waals surface area contributed by atoms with E-state index in [9.17, 15) is 57.8 Å². The van der Waals surface area contributed by atoms with Crippen LogP contribution in [0.5, 0.6) is 11.5 Å². The van der Waals surface area contributed by atoms with Crippen molar-refractivity contribution in [3.8, 4) is 11.5 Å². The molecule has 0 spiro atoms. The second-order valence-corrected chi connectivity index (χ2v) is 41.3. The van der Waals surface area contributed by atoms with Crippen molar-refractivity contribution in [3.05, 3.63) is 148 Å². The Hall–Kier alpha value is -9.80. The van der Waals surface area contributed by atoms with E-state index < -0.39 is 120 Å². The molecule has 2 aliphatic heterocycles. The number of aromatic nitrogens is 1. The molecule has 32 heteroatoms. The summed E-state index contributed by atoms with van der Waals surface area (Å²) in [6.45, 7) is 39.9. The third-order valence-corrected chi connectivity index (χ3v) is 27.1. The van der Waals surface area contributed by atoms with Crippen molar-refractivity contribution in [3.63, 3.8) is 0 Å². The van der Waals surface area contributed by atoms with E-state index in [1.165, 1.54) is 25.6 Å². The summed E-state index contributed by atoms with van der Waals surface area (Å²) in [5, 5.41) is 18.2. The summed E-state index contributed by atoms with van der Waals surface area (Å²) in [6, 6.07) is 29.0. The van der Waals surface area contributed by atoms with Crippen LogP contribution in [0.2, 0.25) is 0 Å². The van der Waals surface area contributed by atoms with Crippen LogP contribution in [0, 0.1) is 53.3 Å². The van der Waals surface area contributed by atoms with Gasteiger partial charge in [-0.15, -0.1) is 11.3 Å². The number of carbonyl (C=O) groups excluding carboxylic acids is 10. The molecule has 0 saturated carbocycles. The van der Waals surface area contributed by atoms with E-state index in [2.05, 4.69) is 29.5 Å². The van der Waals surface area contributed by atoms with Gasteiger partial charge in [0.2, 0.25) is 35.4 Å². The van der Waals surface area contributed by atoms with Crippen LogP contribution in [0.1, 0.15) is 230 Å². The first kappa shape index (κ1) is 119. The SMILES string of the molecule is CC(C)[C@@H](C(=O)O)N(C)Cc1ccc(OC(=O)OC(C)(C)C)cc1.CC[C@H](C)[C@@H]([C@@H](CC(=O)N1CCC[C@H]1[C@H](OC)[C@@H](C)C(=O)N[C@@H](Cc1ccccc1)C(=O)OC)OC)N(C)C(=O)[C@@H](CC(=O)[C@H](C(C)C)N(C)Cc1ccc(OC(=O)OC(C)(C)C)cc1)C(C)C.CC[C@H](C)[C@@H]([C@@H](CC(=O)N1CCC[C@H]1[C@H](OC)[C@@H](C)C(=O)N[C@@H](Cc1ccccc1)c1nccs1)OC)N(C)C(=O)[C@@H](N)C(C)C.